The normalized spacial score (nSPS) is 12.0. The smallest absolute Gasteiger partial charge is 0.336 e. The van der Waals surface area contributed by atoms with Gasteiger partial charge in [-0.25, -0.2) is 9.36 Å². The number of fused-ring (bicyclic) bond motifs is 1. The zero-order chi connectivity index (χ0) is 22.0. The molecule has 1 aromatic heterocycles. The van der Waals surface area contributed by atoms with Gasteiger partial charge in [0.2, 0.25) is 5.91 Å². The standard InChI is InChI=1S/C23H25N3O4/c1-5-15(3)24-21(28)13-25-20-10-9-14(2)11-19(20)22(29)26(23(25)30)18-8-6-7-17(12-18)16(4)27/h6-12,15H,5,13H2,1-4H3,(H,24,28). The van der Waals surface area contributed by atoms with E-state index >= 15 is 0 Å². The monoisotopic (exact) mass is 407 g/mol. The van der Waals surface area contributed by atoms with E-state index in [0.29, 0.717) is 16.5 Å². The Hall–Kier alpha value is -3.48. The molecule has 2 aromatic carbocycles. The van der Waals surface area contributed by atoms with Crippen LogP contribution in [0.5, 0.6) is 0 Å². The first-order valence-corrected chi connectivity index (χ1v) is 9.90. The third-order valence-electron chi connectivity index (χ3n) is 5.13. The molecule has 7 nitrogen and oxygen atoms in total. The number of rotatable bonds is 6. The van der Waals surface area contributed by atoms with E-state index in [4.69, 9.17) is 0 Å². The molecule has 0 radical (unpaired) electrons. The van der Waals surface area contributed by atoms with Crippen LogP contribution in [0.15, 0.2) is 52.1 Å². The summed E-state index contributed by atoms with van der Waals surface area (Å²) in [7, 11) is 0. The third-order valence-corrected chi connectivity index (χ3v) is 5.13. The van der Waals surface area contributed by atoms with E-state index in [1.807, 2.05) is 20.8 Å². The predicted octanol–water partition coefficient (Wildman–Crippen LogP) is 2.58. The molecule has 1 amide bonds. The minimum Gasteiger partial charge on any atom is -0.352 e. The lowest BCUT2D eigenvalue weighted by molar-refractivity contribution is -0.122. The zero-order valence-electron chi connectivity index (χ0n) is 17.6. The van der Waals surface area contributed by atoms with Crippen molar-refractivity contribution < 1.29 is 9.59 Å². The molecule has 0 aliphatic heterocycles. The van der Waals surface area contributed by atoms with Crippen LogP contribution in [0.3, 0.4) is 0 Å². The van der Waals surface area contributed by atoms with Crippen molar-refractivity contribution in [3.8, 4) is 5.69 Å². The first kappa shape index (κ1) is 21.2. The fraction of sp³-hybridized carbons (Fsp3) is 0.304. The molecule has 0 spiro atoms. The van der Waals surface area contributed by atoms with Crippen LogP contribution in [-0.2, 0) is 11.3 Å². The van der Waals surface area contributed by atoms with E-state index in [1.54, 1.807) is 36.4 Å². The number of aromatic nitrogens is 2. The van der Waals surface area contributed by atoms with Gasteiger partial charge in [0.25, 0.3) is 5.56 Å². The summed E-state index contributed by atoms with van der Waals surface area (Å²) in [6.45, 7) is 6.90. The van der Waals surface area contributed by atoms with Crippen molar-refractivity contribution in [3.63, 3.8) is 0 Å². The van der Waals surface area contributed by atoms with Gasteiger partial charge in [-0.1, -0.05) is 30.7 Å². The quantitative estimate of drug-likeness (QED) is 0.636. The number of carbonyl (C=O) groups is 2. The molecule has 0 saturated heterocycles. The van der Waals surface area contributed by atoms with Crippen molar-refractivity contribution in [2.75, 3.05) is 0 Å². The molecule has 0 bridgehead atoms. The Morgan fingerprint density at radius 3 is 2.50 bits per heavy atom. The largest absolute Gasteiger partial charge is 0.352 e. The number of aryl methyl sites for hydroxylation is 1. The Balaban J connectivity index is 2.27. The molecule has 0 saturated carbocycles. The minimum atomic E-state index is -0.628. The maximum atomic E-state index is 13.3. The highest BCUT2D eigenvalue weighted by atomic mass is 16.2. The summed E-state index contributed by atoms with van der Waals surface area (Å²) in [6.07, 6.45) is 0.762. The average molecular weight is 407 g/mol. The number of hydrogen-bond donors (Lipinski definition) is 1. The van der Waals surface area contributed by atoms with Crippen molar-refractivity contribution in [1.82, 2.24) is 14.5 Å². The summed E-state index contributed by atoms with van der Waals surface area (Å²) in [6, 6.07) is 11.5. The average Bonchev–Trinajstić information content (AvgIpc) is 2.71. The number of nitrogens with one attached hydrogen (secondary N) is 1. The van der Waals surface area contributed by atoms with E-state index in [1.165, 1.54) is 17.6 Å². The van der Waals surface area contributed by atoms with E-state index in [9.17, 15) is 19.2 Å². The number of nitrogens with zero attached hydrogens (tertiary/aromatic N) is 2. The fourth-order valence-electron chi connectivity index (χ4n) is 3.30. The van der Waals surface area contributed by atoms with Crippen LogP contribution in [0, 0.1) is 6.92 Å². The fourth-order valence-corrected chi connectivity index (χ4v) is 3.30. The van der Waals surface area contributed by atoms with Crippen molar-refractivity contribution >= 4 is 22.6 Å². The highest BCUT2D eigenvalue weighted by molar-refractivity contribution is 5.94. The Morgan fingerprint density at radius 2 is 1.83 bits per heavy atom. The molecule has 3 rings (SSSR count). The Morgan fingerprint density at radius 1 is 1.10 bits per heavy atom. The van der Waals surface area contributed by atoms with E-state index in [-0.39, 0.29) is 30.0 Å². The zero-order valence-corrected chi connectivity index (χ0v) is 17.6. The second kappa shape index (κ2) is 8.49. The maximum absolute atomic E-state index is 13.3. The molecule has 0 aliphatic rings. The molecule has 156 valence electrons. The molecular formula is C23H25N3O4. The Labute approximate surface area is 174 Å². The van der Waals surface area contributed by atoms with Gasteiger partial charge in [-0.2, -0.15) is 0 Å². The van der Waals surface area contributed by atoms with Gasteiger partial charge in [0.1, 0.15) is 6.54 Å². The number of hydrogen-bond acceptors (Lipinski definition) is 4. The van der Waals surface area contributed by atoms with Gasteiger partial charge in [0, 0.05) is 11.6 Å². The SMILES string of the molecule is CCC(C)NC(=O)Cn1c(=O)n(-c2cccc(C(C)=O)c2)c(=O)c2cc(C)ccc21. The molecule has 1 heterocycles. The summed E-state index contributed by atoms with van der Waals surface area (Å²) < 4.78 is 2.32. The van der Waals surface area contributed by atoms with Gasteiger partial charge in [0.15, 0.2) is 5.78 Å². The summed E-state index contributed by atoms with van der Waals surface area (Å²) in [5.74, 6) is -0.481. The van der Waals surface area contributed by atoms with E-state index < -0.39 is 11.2 Å². The van der Waals surface area contributed by atoms with Crippen molar-refractivity contribution in [3.05, 3.63) is 74.4 Å². The number of ketones is 1. The molecule has 1 atom stereocenters. The maximum Gasteiger partial charge on any atom is 0.336 e. The van der Waals surface area contributed by atoms with Crippen LogP contribution >= 0.6 is 0 Å². The first-order chi connectivity index (χ1) is 14.2. The van der Waals surface area contributed by atoms with Gasteiger partial charge in [-0.15, -0.1) is 0 Å². The van der Waals surface area contributed by atoms with Gasteiger partial charge < -0.3 is 5.32 Å². The van der Waals surface area contributed by atoms with Gasteiger partial charge in [-0.3, -0.25) is 19.0 Å². The lowest BCUT2D eigenvalue weighted by atomic mass is 10.1. The van der Waals surface area contributed by atoms with Gasteiger partial charge in [-0.05, 0) is 51.5 Å². The summed E-state index contributed by atoms with van der Waals surface area (Å²) >= 11 is 0. The highest BCUT2D eigenvalue weighted by Gasteiger charge is 2.18. The number of benzene rings is 2. The Kier molecular flexibility index (Phi) is 6.01. The molecule has 0 fully saturated rings. The molecule has 30 heavy (non-hydrogen) atoms. The molecule has 1 N–H and O–H groups in total. The predicted molar refractivity (Wildman–Crippen MR) is 116 cm³/mol. The van der Waals surface area contributed by atoms with Crippen molar-refractivity contribution in [2.45, 2.75) is 46.7 Å². The molecule has 3 aromatic rings. The molecule has 1 unspecified atom stereocenters. The van der Waals surface area contributed by atoms with E-state index in [2.05, 4.69) is 5.32 Å². The number of carbonyl (C=O) groups excluding carboxylic acids is 2. The lowest BCUT2D eigenvalue weighted by Gasteiger charge is -2.16. The van der Waals surface area contributed by atoms with Crippen LogP contribution in [-0.4, -0.2) is 26.9 Å². The van der Waals surface area contributed by atoms with Crippen LogP contribution in [0.25, 0.3) is 16.6 Å². The highest BCUT2D eigenvalue weighted by Crippen LogP contribution is 2.14. The topological polar surface area (TPSA) is 90.2 Å². The molecule has 7 heteroatoms. The minimum absolute atomic E-state index is 0.0279. The second-order valence-electron chi connectivity index (χ2n) is 7.51. The van der Waals surface area contributed by atoms with Gasteiger partial charge >= 0.3 is 5.69 Å². The molecular weight excluding hydrogens is 382 g/mol. The number of Topliss-reactive ketones (excluding diaryl/α,β-unsaturated/α-hetero) is 1. The van der Waals surface area contributed by atoms with Gasteiger partial charge in [0.05, 0.1) is 16.6 Å². The third kappa shape index (κ3) is 4.10. The van der Waals surface area contributed by atoms with Crippen LogP contribution < -0.4 is 16.6 Å². The van der Waals surface area contributed by atoms with Crippen molar-refractivity contribution in [1.29, 1.82) is 0 Å². The van der Waals surface area contributed by atoms with Crippen LogP contribution in [0.4, 0.5) is 0 Å². The summed E-state index contributed by atoms with van der Waals surface area (Å²) in [4.78, 5) is 50.8. The Bertz CT molecular complexity index is 1250. The number of amides is 1. The first-order valence-electron chi connectivity index (χ1n) is 9.90. The summed E-state index contributed by atoms with van der Waals surface area (Å²) in [5.41, 5.74) is 0.822. The second-order valence-corrected chi connectivity index (χ2v) is 7.51. The van der Waals surface area contributed by atoms with E-state index in [0.717, 1.165) is 16.6 Å². The van der Waals surface area contributed by atoms with Crippen LogP contribution in [0.2, 0.25) is 0 Å². The molecule has 0 aliphatic carbocycles. The lowest BCUT2D eigenvalue weighted by Crippen LogP contribution is -2.43. The van der Waals surface area contributed by atoms with Crippen LogP contribution in [0.1, 0.15) is 43.1 Å². The summed E-state index contributed by atoms with van der Waals surface area (Å²) in [5, 5.41) is 3.18. The van der Waals surface area contributed by atoms with Crippen molar-refractivity contribution in [2.24, 2.45) is 0 Å².